The van der Waals surface area contributed by atoms with Crippen LogP contribution in [0.5, 0.6) is 0 Å². The van der Waals surface area contributed by atoms with Crippen LogP contribution in [0.25, 0.3) is 0 Å². The van der Waals surface area contributed by atoms with E-state index in [0.29, 0.717) is 25.4 Å². The minimum atomic E-state index is -0.825. The van der Waals surface area contributed by atoms with Crippen molar-refractivity contribution in [2.24, 2.45) is 11.3 Å². The fourth-order valence-corrected chi connectivity index (χ4v) is 3.76. The molecule has 25 heavy (non-hydrogen) atoms. The van der Waals surface area contributed by atoms with Crippen LogP contribution < -0.4 is 10.2 Å². The molecule has 0 aromatic heterocycles. The maximum absolute atomic E-state index is 12.4. The Labute approximate surface area is 148 Å². The summed E-state index contributed by atoms with van der Waals surface area (Å²) < 4.78 is 0. The molecule has 2 N–H and O–H groups in total. The molecule has 0 radical (unpaired) electrons. The molecule has 2 atom stereocenters. The number of urea groups is 1. The number of carboxylic acids is 1. The third-order valence-electron chi connectivity index (χ3n) is 5.46. The van der Waals surface area contributed by atoms with Gasteiger partial charge in [-0.05, 0) is 44.2 Å². The van der Waals surface area contributed by atoms with Crippen LogP contribution in [0.3, 0.4) is 0 Å². The molecule has 1 aromatic carbocycles. The number of aliphatic carboxylic acids is 1. The maximum atomic E-state index is 12.4. The summed E-state index contributed by atoms with van der Waals surface area (Å²) in [7, 11) is 0. The third-order valence-corrected chi connectivity index (χ3v) is 5.46. The van der Waals surface area contributed by atoms with Crippen LogP contribution in [-0.4, -0.2) is 54.7 Å². The van der Waals surface area contributed by atoms with E-state index in [0.717, 1.165) is 25.9 Å². The number of hydrogen-bond acceptors (Lipinski definition) is 3. The van der Waals surface area contributed by atoms with E-state index in [1.165, 1.54) is 5.69 Å². The molecule has 0 bridgehead atoms. The van der Waals surface area contributed by atoms with Crippen LogP contribution in [-0.2, 0) is 4.79 Å². The number of para-hydroxylation sites is 1. The summed E-state index contributed by atoms with van der Waals surface area (Å²) >= 11 is 0. The van der Waals surface area contributed by atoms with Crippen molar-refractivity contribution in [2.45, 2.75) is 26.2 Å². The fraction of sp³-hybridized carbons (Fsp3) is 0.579. The first kappa shape index (κ1) is 17.6. The van der Waals surface area contributed by atoms with Gasteiger partial charge in [-0.3, -0.25) is 4.79 Å². The average molecular weight is 345 g/mol. The number of rotatable bonds is 4. The quantitative estimate of drug-likeness (QED) is 0.879. The molecule has 3 rings (SSSR count). The van der Waals surface area contributed by atoms with E-state index in [4.69, 9.17) is 0 Å². The molecule has 0 aliphatic carbocycles. The second-order valence-corrected chi connectivity index (χ2v) is 7.51. The third kappa shape index (κ3) is 4.06. The molecule has 136 valence electrons. The van der Waals surface area contributed by atoms with Crippen molar-refractivity contribution in [1.82, 2.24) is 10.2 Å². The molecule has 6 heteroatoms. The van der Waals surface area contributed by atoms with E-state index >= 15 is 0 Å². The predicted molar refractivity (Wildman–Crippen MR) is 96.7 cm³/mol. The summed E-state index contributed by atoms with van der Waals surface area (Å²) in [5.41, 5.74) is 0.419. The zero-order chi connectivity index (χ0) is 17.9. The molecule has 1 aromatic rings. The molecule has 6 nitrogen and oxygen atoms in total. The zero-order valence-corrected chi connectivity index (χ0v) is 14.8. The Hall–Kier alpha value is -2.24. The van der Waals surface area contributed by atoms with Gasteiger partial charge < -0.3 is 20.2 Å². The number of benzene rings is 1. The van der Waals surface area contributed by atoms with Gasteiger partial charge in [-0.2, -0.15) is 0 Å². The van der Waals surface area contributed by atoms with Crippen molar-refractivity contribution < 1.29 is 14.7 Å². The molecule has 2 aliphatic rings. The Bertz CT molecular complexity index is 622. The lowest BCUT2D eigenvalue weighted by molar-refractivity contribution is -0.147. The zero-order valence-electron chi connectivity index (χ0n) is 14.8. The molecule has 2 fully saturated rings. The van der Waals surface area contributed by atoms with Gasteiger partial charge in [0.2, 0.25) is 0 Å². The van der Waals surface area contributed by atoms with Crippen LogP contribution >= 0.6 is 0 Å². The SMILES string of the molecule is CC1(C(=O)O)CCN(C(=O)NCC2CCCN(c3ccccc3)C2)C1. The smallest absolute Gasteiger partial charge is 0.317 e. The first-order chi connectivity index (χ1) is 12.0. The van der Waals surface area contributed by atoms with Crippen LogP contribution in [0.2, 0.25) is 0 Å². The summed E-state index contributed by atoms with van der Waals surface area (Å²) in [5.74, 6) is -0.403. The lowest BCUT2D eigenvalue weighted by Gasteiger charge is -2.34. The van der Waals surface area contributed by atoms with Crippen molar-refractivity contribution in [1.29, 1.82) is 0 Å². The van der Waals surface area contributed by atoms with Crippen molar-refractivity contribution in [3.63, 3.8) is 0 Å². The number of amides is 2. The molecule has 2 saturated heterocycles. The molecule has 2 unspecified atom stereocenters. The van der Waals surface area contributed by atoms with Crippen LogP contribution in [0.15, 0.2) is 30.3 Å². The highest BCUT2D eigenvalue weighted by Gasteiger charge is 2.42. The van der Waals surface area contributed by atoms with Crippen LogP contribution in [0, 0.1) is 11.3 Å². The second kappa shape index (κ2) is 7.33. The lowest BCUT2D eigenvalue weighted by Crippen LogP contribution is -2.45. The average Bonchev–Trinajstić information content (AvgIpc) is 3.05. The normalized spacial score (nSPS) is 26.5. The number of carbonyl (C=O) groups excluding carboxylic acids is 1. The van der Waals surface area contributed by atoms with Gasteiger partial charge >= 0.3 is 12.0 Å². The van der Waals surface area contributed by atoms with E-state index in [-0.39, 0.29) is 12.6 Å². The van der Waals surface area contributed by atoms with Crippen LogP contribution in [0.1, 0.15) is 26.2 Å². The first-order valence-electron chi connectivity index (χ1n) is 9.04. The molecule has 0 spiro atoms. The number of carboxylic acid groups (broad SMARTS) is 1. The van der Waals surface area contributed by atoms with Gasteiger partial charge in [0.05, 0.1) is 5.41 Å². The number of nitrogens with one attached hydrogen (secondary N) is 1. The summed E-state index contributed by atoms with van der Waals surface area (Å²) in [5, 5.41) is 12.3. The summed E-state index contributed by atoms with van der Waals surface area (Å²) in [6.45, 7) is 5.14. The Kier molecular flexibility index (Phi) is 5.16. The van der Waals surface area contributed by atoms with Gasteiger partial charge in [-0.1, -0.05) is 18.2 Å². The highest BCUT2D eigenvalue weighted by molar-refractivity contribution is 5.79. The van der Waals surface area contributed by atoms with Gasteiger partial charge in [0.1, 0.15) is 0 Å². The summed E-state index contributed by atoms with van der Waals surface area (Å²) in [4.78, 5) is 27.7. The van der Waals surface area contributed by atoms with Gasteiger partial charge in [0.15, 0.2) is 0 Å². The van der Waals surface area contributed by atoms with Gasteiger partial charge in [0.25, 0.3) is 0 Å². The lowest BCUT2D eigenvalue weighted by atomic mass is 9.90. The maximum Gasteiger partial charge on any atom is 0.317 e. The van der Waals surface area contributed by atoms with Gasteiger partial charge in [-0.25, -0.2) is 4.79 Å². The molecule has 2 aliphatic heterocycles. The Morgan fingerprint density at radius 1 is 1.28 bits per heavy atom. The number of hydrogen-bond donors (Lipinski definition) is 2. The van der Waals surface area contributed by atoms with E-state index < -0.39 is 11.4 Å². The molecule has 2 heterocycles. The second-order valence-electron chi connectivity index (χ2n) is 7.51. The topological polar surface area (TPSA) is 72.9 Å². The van der Waals surface area contributed by atoms with Crippen molar-refractivity contribution in [3.8, 4) is 0 Å². The molecule has 0 saturated carbocycles. The number of anilines is 1. The Morgan fingerprint density at radius 3 is 2.72 bits per heavy atom. The van der Waals surface area contributed by atoms with E-state index in [1.807, 2.05) is 18.2 Å². The van der Waals surface area contributed by atoms with Crippen molar-refractivity contribution >= 4 is 17.7 Å². The number of likely N-dealkylation sites (tertiary alicyclic amines) is 1. The van der Waals surface area contributed by atoms with E-state index in [9.17, 15) is 14.7 Å². The predicted octanol–water partition coefficient (Wildman–Crippen LogP) is 2.41. The number of carbonyl (C=O) groups is 2. The summed E-state index contributed by atoms with van der Waals surface area (Å²) in [6.07, 6.45) is 2.74. The summed E-state index contributed by atoms with van der Waals surface area (Å²) in [6, 6.07) is 10.2. The van der Waals surface area contributed by atoms with Crippen LogP contribution in [0.4, 0.5) is 10.5 Å². The monoisotopic (exact) mass is 345 g/mol. The number of piperidine rings is 1. The van der Waals surface area contributed by atoms with Gasteiger partial charge in [0, 0.05) is 38.4 Å². The largest absolute Gasteiger partial charge is 0.481 e. The fourth-order valence-electron chi connectivity index (χ4n) is 3.76. The Morgan fingerprint density at radius 2 is 2.04 bits per heavy atom. The van der Waals surface area contributed by atoms with Crippen molar-refractivity contribution in [3.05, 3.63) is 30.3 Å². The van der Waals surface area contributed by atoms with E-state index in [1.54, 1.807) is 11.8 Å². The molecular formula is C19H27N3O3. The number of nitrogens with zero attached hydrogens (tertiary/aromatic N) is 2. The highest BCUT2D eigenvalue weighted by atomic mass is 16.4. The molecule has 2 amide bonds. The molecular weight excluding hydrogens is 318 g/mol. The standard InChI is InChI=1S/C19H27N3O3/c1-19(17(23)24)9-11-22(14-19)18(25)20-12-15-6-5-10-21(13-15)16-7-3-2-4-8-16/h2-4,7-8,15H,5-6,9-14H2,1H3,(H,20,25)(H,23,24). The van der Waals surface area contributed by atoms with E-state index in [2.05, 4.69) is 22.3 Å². The Balaban J connectivity index is 1.48. The minimum Gasteiger partial charge on any atom is -0.481 e. The highest BCUT2D eigenvalue weighted by Crippen LogP contribution is 2.30. The van der Waals surface area contributed by atoms with Crippen molar-refractivity contribution in [2.75, 3.05) is 37.6 Å². The minimum absolute atomic E-state index is 0.137. The first-order valence-corrected chi connectivity index (χ1v) is 9.04. The van der Waals surface area contributed by atoms with Gasteiger partial charge in [-0.15, -0.1) is 0 Å².